The van der Waals surface area contributed by atoms with Crippen molar-refractivity contribution in [2.45, 2.75) is 32.3 Å². The summed E-state index contributed by atoms with van der Waals surface area (Å²) in [6, 6.07) is 11.1. The maximum atomic E-state index is 12.4. The Morgan fingerprint density at radius 2 is 2.15 bits per heavy atom. The van der Waals surface area contributed by atoms with Gasteiger partial charge >= 0.3 is 0 Å². The number of allylic oxidation sites excluding steroid dienone is 3. The van der Waals surface area contributed by atoms with Crippen LogP contribution >= 0.6 is 0 Å². The Bertz CT molecular complexity index is 1110. The number of nitrogens with one attached hydrogen (secondary N) is 1. The molecule has 1 saturated carbocycles. The number of fused-ring (bicyclic) bond motifs is 2. The minimum atomic E-state index is -0.215. The van der Waals surface area contributed by atoms with Gasteiger partial charge in [-0.1, -0.05) is 36.4 Å². The third-order valence-corrected chi connectivity index (χ3v) is 5.30. The average molecular weight is 360 g/mol. The lowest BCUT2D eigenvalue weighted by atomic mass is 9.93. The first-order valence-corrected chi connectivity index (χ1v) is 9.35. The highest BCUT2D eigenvalue weighted by molar-refractivity contribution is 5.56. The predicted molar refractivity (Wildman–Crippen MR) is 102 cm³/mol. The van der Waals surface area contributed by atoms with Crippen LogP contribution in [0.2, 0.25) is 0 Å². The SMILES string of the molecule is O=c1cc(COC2=C3CCCC3CC=C2)[nH]c2nc(-c3ccccc3)nn12. The fraction of sp³-hybridized carbons (Fsp3) is 0.286. The lowest BCUT2D eigenvalue weighted by Gasteiger charge is -2.19. The topological polar surface area (TPSA) is 72.3 Å². The maximum Gasteiger partial charge on any atom is 0.276 e. The molecule has 136 valence electrons. The van der Waals surface area contributed by atoms with Crippen LogP contribution in [0.4, 0.5) is 0 Å². The van der Waals surface area contributed by atoms with Gasteiger partial charge in [0, 0.05) is 11.6 Å². The molecular weight excluding hydrogens is 340 g/mol. The van der Waals surface area contributed by atoms with Crippen molar-refractivity contribution < 1.29 is 4.74 Å². The molecule has 0 aliphatic heterocycles. The van der Waals surface area contributed by atoms with Crippen molar-refractivity contribution >= 4 is 5.78 Å². The second kappa shape index (κ2) is 6.54. The number of H-pyrrole nitrogens is 1. The predicted octanol–water partition coefficient (Wildman–Crippen LogP) is 3.62. The molecule has 1 atom stereocenters. The lowest BCUT2D eigenvalue weighted by Crippen LogP contribution is -2.16. The summed E-state index contributed by atoms with van der Waals surface area (Å²) in [6.07, 6.45) is 8.97. The Labute approximate surface area is 156 Å². The van der Waals surface area contributed by atoms with Gasteiger partial charge in [0.15, 0.2) is 5.82 Å². The fourth-order valence-electron chi connectivity index (χ4n) is 3.97. The number of benzene rings is 1. The van der Waals surface area contributed by atoms with Gasteiger partial charge < -0.3 is 9.72 Å². The molecule has 6 heteroatoms. The quantitative estimate of drug-likeness (QED) is 0.771. The highest BCUT2D eigenvalue weighted by Gasteiger charge is 2.25. The summed E-state index contributed by atoms with van der Waals surface area (Å²) < 4.78 is 7.34. The van der Waals surface area contributed by atoms with Crippen molar-refractivity contribution in [2.75, 3.05) is 0 Å². The molecule has 2 aliphatic carbocycles. The van der Waals surface area contributed by atoms with E-state index in [1.807, 2.05) is 30.3 Å². The van der Waals surface area contributed by atoms with Crippen molar-refractivity contribution in [3.8, 4) is 11.4 Å². The second-order valence-electron chi connectivity index (χ2n) is 7.08. The van der Waals surface area contributed by atoms with Gasteiger partial charge in [0.05, 0.1) is 5.69 Å². The van der Waals surface area contributed by atoms with E-state index in [-0.39, 0.29) is 5.56 Å². The van der Waals surface area contributed by atoms with Crippen LogP contribution in [0.25, 0.3) is 17.2 Å². The molecule has 2 heterocycles. The molecular formula is C21H20N4O2. The van der Waals surface area contributed by atoms with E-state index in [0.717, 1.165) is 24.2 Å². The minimum absolute atomic E-state index is 0.215. The van der Waals surface area contributed by atoms with E-state index in [9.17, 15) is 4.79 Å². The van der Waals surface area contributed by atoms with E-state index in [1.54, 1.807) is 0 Å². The first-order valence-electron chi connectivity index (χ1n) is 9.35. The van der Waals surface area contributed by atoms with Gasteiger partial charge in [0.1, 0.15) is 12.4 Å². The molecule has 1 N–H and O–H groups in total. The van der Waals surface area contributed by atoms with Crippen LogP contribution in [0.3, 0.4) is 0 Å². The Morgan fingerprint density at radius 3 is 3.04 bits per heavy atom. The van der Waals surface area contributed by atoms with Gasteiger partial charge in [-0.2, -0.15) is 9.50 Å². The smallest absolute Gasteiger partial charge is 0.276 e. The maximum absolute atomic E-state index is 12.4. The molecule has 2 aliphatic rings. The fourth-order valence-corrected chi connectivity index (χ4v) is 3.97. The molecule has 0 radical (unpaired) electrons. The molecule has 0 bridgehead atoms. The van der Waals surface area contributed by atoms with Gasteiger partial charge in [0.25, 0.3) is 5.56 Å². The third kappa shape index (κ3) is 2.97. The summed E-state index contributed by atoms with van der Waals surface area (Å²) in [5, 5.41) is 4.32. The first kappa shape index (κ1) is 16.1. The Hall–Kier alpha value is -3.15. The first-order chi connectivity index (χ1) is 13.3. The molecule has 5 rings (SSSR count). The van der Waals surface area contributed by atoms with E-state index in [1.165, 1.54) is 29.0 Å². The van der Waals surface area contributed by atoms with Crippen LogP contribution in [-0.2, 0) is 11.3 Å². The number of aromatic nitrogens is 4. The number of ether oxygens (including phenoxy) is 1. The molecule has 3 aromatic rings. The van der Waals surface area contributed by atoms with E-state index in [2.05, 4.69) is 27.2 Å². The van der Waals surface area contributed by atoms with E-state index in [0.29, 0.717) is 29.8 Å². The van der Waals surface area contributed by atoms with Crippen molar-refractivity contribution in [1.82, 2.24) is 19.6 Å². The highest BCUT2D eigenvalue weighted by Crippen LogP contribution is 2.39. The molecule has 1 aromatic carbocycles. The third-order valence-electron chi connectivity index (χ3n) is 5.30. The number of hydrogen-bond donors (Lipinski definition) is 1. The standard InChI is InChI=1S/C21H20N4O2/c26-19-12-16(13-27-18-11-5-9-14-8-4-10-17(14)18)22-21-23-20(24-25(19)21)15-6-2-1-3-7-15/h1-3,5-7,11-12,14H,4,8-10,13H2,(H,22,23,24). The molecule has 0 amide bonds. The van der Waals surface area contributed by atoms with Gasteiger partial charge in [-0.3, -0.25) is 4.79 Å². The molecule has 27 heavy (non-hydrogen) atoms. The van der Waals surface area contributed by atoms with Gasteiger partial charge in [-0.05, 0) is 43.3 Å². The molecule has 1 fully saturated rings. The number of nitrogens with zero attached hydrogens (tertiary/aromatic N) is 3. The minimum Gasteiger partial charge on any atom is -0.487 e. The summed E-state index contributed by atoms with van der Waals surface area (Å²) in [7, 11) is 0. The summed E-state index contributed by atoms with van der Waals surface area (Å²) in [5.74, 6) is 2.55. The number of aromatic amines is 1. The van der Waals surface area contributed by atoms with E-state index >= 15 is 0 Å². The van der Waals surface area contributed by atoms with Crippen LogP contribution in [-0.4, -0.2) is 19.6 Å². The summed E-state index contributed by atoms with van der Waals surface area (Å²) in [5.41, 5.74) is 2.78. The zero-order valence-electron chi connectivity index (χ0n) is 14.9. The summed E-state index contributed by atoms with van der Waals surface area (Å²) in [6.45, 7) is 0.315. The summed E-state index contributed by atoms with van der Waals surface area (Å²) in [4.78, 5) is 20.1. The largest absolute Gasteiger partial charge is 0.487 e. The van der Waals surface area contributed by atoms with Crippen LogP contribution in [0.5, 0.6) is 0 Å². The number of hydrogen-bond acceptors (Lipinski definition) is 4. The lowest BCUT2D eigenvalue weighted by molar-refractivity contribution is 0.199. The van der Waals surface area contributed by atoms with Crippen LogP contribution in [0, 0.1) is 5.92 Å². The molecule has 0 spiro atoms. The molecule has 0 saturated heterocycles. The average Bonchev–Trinajstić information content (AvgIpc) is 3.34. The molecule has 1 unspecified atom stereocenters. The van der Waals surface area contributed by atoms with Crippen LogP contribution in [0.1, 0.15) is 31.4 Å². The van der Waals surface area contributed by atoms with Crippen molar-refractivity contribution in [3.63, 3.8) is 0 Å². The van der Waals surface area contributed by atoms with Crippen molar-refractivity contribution in [3.05, 3.63) is 75.9 Å². The molecule has 2 aromatic heterocycles. The Balaban J connectivity index is 1.43. The Kier molecular flexibility index (Phi) is 3.89. The van der Waals surface area contributed by atoms with E-state index < -0.39 is 0 Å². The van der Waals surface area contributed by atoms with Crippen LogP contribution < -0.4 is 5.56 Å². The highest BCUT2D eigenvalue weighted by atomic mass is 16.5. The summed E-state index contributed by atoms with van der Waals surface area (Å²) >= 11 is 0. The van der Waals surface area contributed by atoms with Crippen LogP contribution in [0.15, 0.2) is 64.7 Å². The second-order valence-corrected chi connectivity index (χ2v) is 7.08. The van der Waals surface area contributed by atoms with Gasteiger partial charge in [0.2, 0.25) is 5.78 Å². The normalized spacial score (nSPS) is 18.9. The zero-order chi connectivity index (χ0) is 18.2. The number of rotatable bonds is 4. The zero-order valence-corrected chi connectivity index (χ0v) is 14.9. The van der Waals surface area contributed by atoms with Crippen molar-refractivity contribution in [2.24, 2.45) is 5.92 Å². The van der Waals surface area contributed by atoms with E-state index in [4.69, 9.17) is 4.74 Å². The van der Waals surface area contributed by atoms with Gasteiger partial charge in [-0.15, -0.1) is 5.10 Å². The van der Waals surface area contributed by atoms with Gasteiger partial charge in [-0.25, -0.2) is 0 Å². The monoisotopic (exact) mass is 360 g/mol. The van der Waals surface area contributed by atoms with Crippen molar-refractivity contribution in [1.29, 1.82) is 0 Å². The Morgan fingerprint density at radius 1 is 1.26 bits per heavy atom. The molecule has 6 nitrogen and oxygen atoms in total.